The van der Waals surface area contributed by atoms with E-state index in [2.05, 4.69) is 217 Å². The Morgan fingerprint density at radius 1 is 0.255 bits per heavy atom. The van der Waals surface area contributed by atoms with Gasteiger partial charge in [-0.05, 0) is 90.8 Å². The van der Waals surface area contributed by atoms with E-state index in [-0.39, 0.29) is 0 Å². The van der Waals surface area contributed by atoms with Crippen molar-refractivity contribution in [1.82, 2.24) is 0 Å². The van der Waals surface area contributed by atoms with Crippen molar-refractivity contribution in [2.45, 2.75) is 0 Å². The molecule has 0 aliphatic heterocycles. The fraction of sp³-hybridized carbons (Fsp3) is 0. The van der Waals surface area contributed by atoms with Crippen molar-refractivity contribution in [2.75, 3.05) is 4.90 Å². The van der Waals surface area contributed by atoms with Gasteiger partial charge in [-0.1, -0.05) is 182 Å². The van der Waals surface area contributed by atoms with E-state index >= 15 is 0 Å². The van der Waals surface area contributed by atoms with E-state index < -0.39 is 0 Å². The van der Waals surface area contributed by atoms with E-state index in [0.717, 1.165) is 17.1 Å². The van der Waals surface area contributed by atoms with E-state index in [9.17, 15) is 0 Å². The van der Waals surface area contributed by atoms with Crippen molar-refractivity contribution in [3.05, 3.63) is 212 Å². The second kappa shape index (κ2) is 13.3. The molecule has 0 saturated heterocycles. The molecule has 0 unspecified atom stereocenters. The molecule has 0 heterocycles. The van der Waals surface area contributed by atoms with E-state index in [1.54, 1.807) is 0 Å². The Kier molecular flexibility index (Phi) is 7.92. The Morgan fingerprint density at radius 2 is 0.765 bits per heavy atom. The third-order valence-corrected chi connectivity index (χ3v) is 9.86. The number of para-hydroxylation sites is 1. The molecule has 0 spiro atoms. The van der Waals surface area contributed by atoms with Crippen molar-refractivity contribution >= 4 is 38.6 Å². The third-order valence-electron chi connectivity index (χ3n) is 9.86. The Balaban J connectivity index is 1.27. The highest BCUT2D eigenvalue weighted by atomic mass is 15.1. The molecule has 240 valence electrons. The van der Waals surface area contributed by atoms with Gasteiger partial charge >= 0.3 is 0 Å². The predicted molar refractivity (Wildman–Crippen MR) is 218 cm³/mol. The summed E-state index contributed by atoms with van der Waals surface area (Å²) in [6, 6.07) is 76.7. The summed E-state index contributed by atoms with van der Waals surface area (Å²) in [5.41, 5.74) is 12.9. The maximum Gasteiger partial charge on any atom is 0.0540 e. The summed E-state index contributed by atoms with van der Waals surface area (Å²) in [6.07, 6.45) is 0. The highest BCUT2D eigenvalue weighted by molar-refractivity contribution is 6.09. The predicted octanol–water partition coefficient (Wildman–Crippen LogP) is 14.1. The van der Waals surface area contributed by atoms with Gasteiger partial charge in [0.2, 0.25) is 0 Å². The zero-order valence-corrected chi connectivity index (χ0v) is 28.2. The SMILES string of the molecule is c1ccc(-c2cccc(N(c3ccc4c(ccc5ccccc54)c3)c3ccccc3-c3ccccc3-c3ccccc3-c3ccccc3)c2)cc1. The minimum absolute atomic E-state index is 1.10. The first-order chi connectivity index (χ1) is 25.3. The molecule has 0 aliphatic rings. The van der Waals surface area contributed by atoms with Gasteiger partial charge in [0, 0.05) is 16.9 Å². The summed E-state index contributed by atoms with van der Waals surface area (Å²) in [6.45, 7) is 0. The Bertz CT molecular complexity index is 2640. The van der Waals surface area contributed by atoms with Crippen LogP contribution in [0.15, 0.2) is 212 Å². The second-order valence-corrected chi connectivity index (χ2v) is 12.9. The van der Waals surface area contributed by atoms with Crippen LogP contribution in [0.2, 0.25) is 0 Å². The molecule has 0 radical (unpaired) electrons. The third kappa shape index (κ3) is 5.75. The lowest BCUT2D eigenvalue weighted by molar-refractivity contribution is 1.29. The summed E-state index contributed by atoms with van der Waals surface area (Å²) in [5.74, 6) is 0. The first-order valence-electron chi connectivity index (χ1n) is 17.5. The van der Waals surface area contributed by atoms with Gasteiger partial charge in [0.05, 0.1) is 5.69 Å². The monoisotopic (exact) mass is 649 g/mol. The van der Waals surface area contributed by atoms with Crippen LogP contribution in [0.5, 0.6) is 0 Å². The van der Waals surface area contributed by atoms with Crippen LogP contribution in [-0.4, -0.2) is 0 Å². The molecule has 1 heteroatoms. The number of rotatable bonds is 7. The fourth-order valence-electron chi connectivity index (χ4n) is 7.46. The molecule has 0 amide bonds. The summed E-state index contributed by atoms with van der Waals surface area (Å²) in [4.78, 5) is 2.43. The number of nitrogens with zero attached hydrogens (tertiary/aromatic N) is 1. The average Bonchev–Trinajstić information content (AvgIpc) is 3.22. The van der Waals surface area contributed by atoms with Gasteiger partial charge in [0.1, 0.15) is 0 Å². The molecule has 9 aromatic carbocycles. The Hall–Kier alpha value is -6.70. The number of anilines is 3. The lowest BCUT2D eigenvalue weighted by Gasteiger charge is -2.29. The van der Waals surface area contributed by atoms with Crippen LogP contribution in [0, 0.1) is 0 Å². The normalized spacial score (nSPS) is 11.1. The number of hydrogen-bond acceptors (Lipinski definition) is 1. The van der Waals surface area contributed by atoms with Crippen LogP contribution in [0.3, 0.4) is 0 Å². The molecule has 0 atom stereocenters. The zero-order chi connectivity index (χ0) is 34.0. The molecule has 9 aromatic rings. The molecule has 0 aromatic heterocycles. The topological polar surface area (TPSA) is 3.24 Å². The quantitative estimate of drug-likeness (QED) is 0.155. The second-order valence-electron chi connectivity index (χ2n) is 12.9. The Morgan fingerprint density at radius 3 is 1.53 bits per heavy atom. The first kappa shape index (κ1) is 30.4. The molecule has 0 aliphatic carbocycles. The van der Waals surface area contributed by atoms with Crippen LogP contribution in [0.25, 0.3) is 66.1 Å². The minimum atomic E-state index is 1.10. The number of benzene rings is 9. The highest BCUT2D eigenvalue weighted by Crippen LogP contribution is 2.46. The molecular formula is C50H35N. The summed E-state index contributed by atoms with van der Waals surface area (Å²) >= 11 is 0. The van der Waals surface area contributed by atoms with E-state index in [0.29, 0.717) is 0 Å². The Labute approximate surface area is 299 Å². The van der Waals surface area contributed by atoms with Gasteiger partial charge < -0.3 is 4.90 Å². The lowest BCUT2D eigenvalue weighted by atomic mass is 9.88. The molecule has 0 saturated carbocycles. The van der Waals surface area contributed by atoms with E-state index in [4.69, 9.17) is 0 Å². The van der Waals surface area contributed by atoms with Crippen LogP contribution in [0.1, 0.15) is 0 Å². The van der Waals surface area contributed by atoms with E-state index in [1.807, 2.05) is 0 Å². The lowest BCUT2D eigenvalue weighted by Crippen LogP contribution is -2.11. The van der Waals surface area contributed by atoms with Crippen LogP contribution >= 0.6 is 0 Å². The highest BCUT2D eigenvalue weighted by Gasteiger charge is 2.21. The van der Waals surface area contributed by atoms with E-state index in [1.165, 1.54) is 66.1 Å². The van der Waals surface area contributed by atoms with Crippen molar-refractivity contribution in [1.29, 1.82) is 0 Å². The number of hydrogen-bond donors (Lipinski definition) is 0. The summed E-state index contributed by atoms with van der Waals surface area (Å²) in [7, 11) is 0. The zero-order valence-electron chi connectivity index (χ0n) is 28.2. The molecule has 51 heavy (non-hydrogen) atoms. The smallest absolute Gasteiger partial charge is 0.0540 e. The molecule has 0 N–H and O–H groups in total. The molecule has 1 nitrogen and oxygen atoms in total. The summed E-state index contributed by atoms with van der Waals surface area (Å²) < 4.78 is 0. The van der Waals surface area contributed by atoms with Gasteiger partial charge in [-0.15, -0.1) is 0 Å². The molecule has 0 fully saturated rings. The largest absolute Gasteiger partial charge is 0.310 e. The van der Waals surface area contributed by atoms with Gasteiger partial charge in [-0.2, -0.15) is 0 Å². The van der Waals surface area contributed by atoms with Crippen LogP contribution in [-0.2, 0) is 0 Å². The average molecular weight is 650 g/mol. The van der Waals surface area contributed by atoms with Gasteiger partial charge in [0.15, 0.2) is 0 Å². The van der Waals surface area contributed by atoms with Crippen molar-refractivity contribution in [3.8, 4) is 44.5 Å². The minimum Gasteiger partial charge on any atom is -0.310 e. The maximum absolute atomic E-state index is 2.43. The van der Waals surface area contributed by atoms with Crippen molar-refractivity contribution < 1.29 is 0 Å². The van der Waals surface area contributed by atoms with Crippen molar-refractivity contribution in [3.63, 3.8) is 0 Å². The fourth-order valence-corrected chi connectivity index (χ4v) is 7.46. The van der Waals surface area contributed by atoms with Gasteiger partial charge in [-0.25, -0.2) is 0 Å². The van der Waals surface area contributed by atoms with Crippen LogP contribution in [0.4, 0.5) is 17.1 Å². The first-order valence-corrected chi connectivity index (χ1v) is 17.5. The molecule has 0 bridgehead atoms. The van der Waals surface area contributed by atoms with Gasteiger partial charge in [-0.3, -0.25) is 0 Å². The van der Waals surface area contributed by atoms with Gasteiger partial charge in [0.25, 0.3) is 0 Å². The maximum atomic E-state index is 2.43. The molecule has 9 rings (SSSR count). The molecular weight excluding hydrogens is 615 g/mol. The van der Waals surface area contributed by atoms with Crippen molar-refractivity contribution in [2.24, 2.45) is 0 Å². The number of fused-ring (bicyclic) bond motifs is 3. The summed E-state index contributed by atoms with van der Waals surface area (Å²) in [5, 5.41) is 4.99. The van der Waals surface area contributed by atoms with Crippen LogP contribution < -0.4 is 4.90 Å². The standard InChI is InChI=1S/C50H35N/c1-3-16-36(17-4-1)39-21-15-22-41(34-39)51(42-32-33-45-40(35-42)31-30-38-20-7-8-23-43(38)45)50-29-14-13-28-49(50)48-27-12-11-26-47(48)46-25-10-9-24-44(46)37-18-5-2-6-19-37/h1-35H.